The smallest absolute Gasteiger partial charge is 0.245 e. The largest absolute Gasteiger partial charge is 0.350 e. The summed E-state index contributed by atoms with van der Waals surface area (Å²) in [6.07, 6.45) is 6.02. The van der Waals surface area contributed by atoms with Gasteiger partial charge in [0.25, 0.3) is 0 Å². The Hall–Kier alpha value is -2.33. The Morgan fingerprint density at radius 1 is 1.19 bits per heavy atom. The summed E-state index contributed by atoms with van der Waals surface area (Å²) in [5.41, 5.74) is 3.33. The summed E-state index contributed by atoms with van der Waals surface area (Å²) in [6.45, 7) is 0.200. The number of carbonyl (C=O) groups excluding carboxylic acids is 1. The lowest BCUT2D eigenvalue weighted by Gasteiger charge is -2.31. The van der Waals surface area contributed by atoms with E-state index in [1.807, 2.05) is 36.6 Å². The highest BCUT2D eigenvalue weighted by molar-refractivity contribution is 7.98. The van der Waals surface area contributed by atoms with Gasteiger partial charge in [-0.1, -0.05) is 12.1 Å². The van der Waals surface area contributed by atoms with E-state index in [0.29, 0.717) is 17.9 Å². The monoisotopic (exact) mass is 651 g/mol. The van der Waals surface area contributed by atoms with E-state index in [1.165, 1.54) is 40.2 Å². The van der Waals surface area contributed by atoms with E-state index in [0.717, 1.165) is 28.2 Å². The van der Waals surface area contributed by atoms with Crippen LogP contribution >= 0.6 is 23.1 Å². The number of aromatic nitrogens is 1. The van der Waals surface area contributed by atoms with Crippen LogP contribution in [0.25, 0.3) is 10.4 Å². The number of nitrogens with one attached hydrogen (secondary N) is 1. The summed E-state index contributed by atoms with van der Waals surface area (Å²) >= 11 is 2.93. The molecule has 3 aromatic rings. The molecule has 0 spiro atoms. The van der Waals surface area contributed by atoms with Crippen molar-refractivity contribution in [3.8, 4) is 10.4 Å². The molecule has 4 heterocycles. The lowest BCUT2D eigenvalue weighted by Crippen LogP contribution is -2.43. The number of benzene rings is 1. The number of hydrogen-bond acceptors (Lipinski definition) is 10. The summed E-state index contributed by atoms with van der Waals surface area (Å²) in [5, 5.41) is 0. The van der Waals surface area contributed by atoms with Gasteiger partial charge in [0.15, 0.2) is 16.1 Å². The third kappa shape index (κ3) is 6.59. The van der Waals surface area contributed by atoms with Crippen molar-refractivity contribution in [1.29, 1.82) is 0 Å². The molecule has 1 amide bonds. The molecule has 2 aliphatic heterocycles. The second-order valence-corrected chi connectivity index (χ2v) is 16.5. The molecular weight excluding hydrogens is 619 g/mol. The van der Waals surface area contributed by atoms with Gasteiger partial charge in [-0.3, -0.25) is 9.78 Å². The average molecular weight is 652 g/mol. The van der Waals surface area contributed by atoms with Crippen molar-refractivity contribution in [3.05, 3.63) is 65.8 Å². The Morgan fingerprint density at radius 2 is 2.00 bits per heavy atom. The second-order valence-electron chi connectivity index (χ2n) is 10.2. The number of sulfonamides is 1. The zero-order valence-corrected chi connectivity index (χ0v) is 26.4. The first-order valence-electron chi connectivity index (χ1n) is 13.6. The van der Waals surface area contributed by atoms with Gasteiger partial charge in [-0.25, -0.2) is 27.2 Å². The Bertz CT molecular complexity index is 1590. The molecule has 226 valence electrons. The highest BCUT2D eigenvalue weighted by atomic mass is 32.2. The fourth-order valence-electron chi connectivity index (χ4n) is 5.17. The molecule has 1 N–H and O–H groups in total. The number of rotatable bonds is 9. The Labute approximate surface area is 254 Å². The third-order valence-electron chi connectivity index (χ3n) is 7.56. The quantitative estimate of drug-likeness (QED) is 0.267. The van der Waals surface area contributed by atoms with Crippen LogP contribution in [0.3, 0.4) is 0 Å². The number of thiophene rings is 1. The summed E-state index contributed by atoms with van der Waals surface area (Å²) in [7, 11) is -8.03. The lowest BCUT2D eigenvalue weighted by atomic mass is 9.97. The van der Waals surface area contributed by atoms with E-state index in [2.05, 4.69) is 10.5 Å². The molecule has 10 nitrogen and oxygen atoms in total. The van der Waals surface area contributed by atoms with Crippen LogP contribution in [0.1, 0.15) is 37.0 Å². The summed E-state index contributed by atoms with van der Waals surface area (Å²) in [5.74, 6) is -1.06. The number of sulfone groups is 1. The van der Waals surface area contributed by atoms with Gasteiger partial charge in [0.05, 0.1) is 12.2 Å². The van der Waals surface area contributed by atoms with Crippen LogP contribution in [0.15, 0.2) is 70.7 Å². The Morgan fingerprint density at radius 3 is 2.69 bits per heavy atom. The van der Waals surface area contributed by atoms with Crippen LogP contribution in [0.2, 0.25) is 0 Å². The van der Waals surface area contributed by atoms with Crippen LogP contribution < -0.4 is 5.48 Å². The van der Waals surface area contributed by atoms with Gasteiger partial charge >= 0.3 is 0 Å². The molecule has 42 heavy (non-hydrogen) atoms. The zero-order chi connectivity index (χ0) is 29.8. The average Bonchev–Trinajstić information content (AvgIpc) is 3.46. The molecule has 0 saturated carbocycles. The van der Waals surface area contributed by atoms with Gasteiger partial charge in [0.1, 0.15) is 9.64 Å². The molecule has 5 rings (SSSR count). The zero-order valence-electron chi connectivity index (χ0n) is 23.1. The van der Waals surface area contributed by atoms with Crippen molar-refractivity contribution in [2.24, 2.45) is 0 Å². The first kappa shape index (κ1) is 31.1. The molecule has 2 unspecified atom stereocenters. The molecule has 2 atom stereocenters. The number of hydroxylamine groups is 1. The number of thioether (sulfide) groups is 1. The number of nitrogens with zero attached hydrogens (tertiary/aromatic N) is 2. The summed E-state index contributed by atoms with van der Waals surface area (Å²) in [6, 6.07) is 14.5. The van der Waals surface area contributed by atoms with E-state index in [9.17, 15) is 21.6 Å². The number of carbonyl (C=O) groups is 1. The summed E-state index contributed by atoms with van der Waals surface area (Å²) < 4.78 is 60.1. The van der Waals surface area contributed by atoms with Gasteiger partial charge in [-0.05, 0) is 67.5 Å². The van der Waals surface area contributed by atoms with Crippen molar-refractivity contribution < 1.29 is 31.2 Å². The fraction of sp³-hybridized carbons (Fsp3) is 0.429. The highest BCUT2D eigenvalue weighted by Crippen LogP contribution is 2.45. The second kappa shape index (κ2) is 13.1. The van der Waals surface area contributed by atoms with Gasteiger partial charge in [-0.15, -0.1) is 23.1 Å². The van der Waals surface area contributed by atoms with Crippen molar-refractivity contribution in [2.75, 3.05) is 31.7 Å². The van der Waals surface area contributed by atoms with Crippen molar-refractivity contribution in [1.82, 2.24) is 14.8 Å². The Kier molecular flexibility index (Phi) is 9.72. The third-order valence-corrected chi connectivity index (χ3v) is 14.1. The summed E-state index contributed by atoms with van der Waals surface area (Å²) in [4.78, 5) is 25.1. The predicted molar refractivity (Wildman–Crippen MR) is 162 cm³/mol. The minimum Gasteiger partial charge on any atom is -0.350 e. The standard InChI is InChI=1S/C28H33N3O7S4/c1-39-22-9-7-21(8-10-22)24-11-12-25(40-24)28(19-26(32)30-38-27-6-2-3-17-37-27)13-15-31(16-18-41(28,33)34)42(35,36)23-5-4-14-29-20-23/h4-5,7-12,14,20,27H,2-3,6,13,15-19H2,1H3,(H,30,32). The molecule has 2 aromatic heterocycles. The molecule has 0 radical (unpaired) electrons. The maximum Gasteiger partial charge on any atom is 0.245 e. The molecular formula is C28H33N3O7S4. The van der Waals surface area contributed by atoms with Crippen molar-refractivity contribution in [3.63, 3.8) is 0 Å². The predicted octanol–water partition coefficient (Wildman–Crippen LogP) is 4.20. The van der Waals surface area contributed by atoms with E-state index >= 15 is 0 Å². The molecule has 14 heteroatoms. The number of amides is 1. The maximum atomic E-state index is 14.1. The van der Waals surface area contributed by atoms with E-state index in [1.54, 1.807) is 17.8 Å². The normalized spacial score (nSPS) is 23.2. The maximum absolute atomic E-state index is 14.1. The molecule has 2 aliphatic rings. The Balaban J connectivity index is 1.47. The van der Waals surface area contributed by atoms with Crippen LogP contribution in [-0.2, 0) is 39.0 Å². The van der Waals surface area contributed by atoms with Crippen molar-refractivity contribution >= 4 is 48.9 Å². The topological polar surface area (TPSA) is 132 Å². The van der Waals surface area contributed by atoms with E-state index in [-0.39, 0.29) is 24.4 Å². The van der Waals surface area contributed by atoms with Gasteiger partial charge in [0.2, 0.25) is 15.9 Å². The van der Waals surface area contributed by atoms with Gasteiger partial charge in [0, 0.05) is 53.2 Å². The van der Waals surface area contributed by atoms with Gasteiger partial charge in [-0.2, -0.15) is 4.31 Å². The van der Waals surface area contributed by atoms with Gasteiger partial charge < -0.3 is 4.74 Å². The molecule has 2 fully saturated rings. The highest BCUT2D eigenvalue weighted by Gasteiger charge is 2.50. The first-order valence-corrected chi connectivity index (χ1v) is 18.7. The minimum absolute atomic E-state index is 0.0133. The van der Waals surface area contributed by atoms with Crippen LogP contribution in [0.4, 0.5) is 0 Å². The number of hydrogen-bond donors (Lipinski definition) is 1. The lowest BCUT2D eigenvalue weighted by molar-refractivity contribution is -0.200. The van der Waals surface area contributed by atoms with Crippen LogP contribution in [0, 0.1) is 0 Å². The minimum atomic E-state index is -4.03. The molecule has 1 aromatic carbocycles. The van der Waals surface area contributed by atoms with Crippen molar-refractivity contribution in [2.45, 2.75) is 52.9 Å². The number of pyridine rings is 1. The van der Waals surface area contributed by atoms with E-state index in [4.69, 9.17) is 9.57 Å². The van der Waals surface area contributed by atoms with Crippen LogP contribution in [0.5, 0.6) is 0 Å². The number of ether oxygens (including phenoxy) is 1. The van der Waals surface area contributed by atoms with Crippen LogP contribution in [-0.4, -0.2) is 70.0 Å². The SMILES string of the molecule is CSc1ccc(-c2ccc(C3(CC(=O)NOC4CCCCO4)CCN(S(=O)(=O)c4cccnc4)CCS3(=O)=O)s2)cc1. The molecule has 0 aliphatic carbocycles. The molecule has 2 saturated heterocycles. The van der Waals surface area contributed by atoms with E-state index < -0.39 is 49.0 Å². The first-order chi connectivity index (χ1) is 20.1. The molecule has 0 bridgehead atoms. The fourth-order valence-corrected chi connectivity index (χ4v) is 10.7.